The number of hydrogen-bond acceptors (Lipinski definition) is 5. The van der Waals surface area contributed by atoms with Gasteiger partial charge in [0.05, 0.1) is 34.0 Å². The average Bonchev–Trinajstić information content (AvgIpc) is 2.80. The minimum Gasteiger partial charge on any atom is -0.497 e. The van der Waals surface area contributed by atoms with Crippen molar-refractivity contribution in [3.05, 3.63) is 87.9 Å². The number of nitrogens with one attached hydrogen (secondary N) is 1. The van der Waals surface area contributed by atoms with Crippen LogP contribution in [0.1, 0.15) is 11.1 Å². The zero-order valence-corrected chi connectivity index (χ0v) is 20.2. The molecule has 0 saturated heterocycles. The van der Waals surface area contributed by atoms with Crippen molar-refractivity contribution in [1.29, 1.82) is 0 Å². The van der Waals surface area contributed by atoms with Crippen molar-refractivity contribution in [2.45, 2.75) is 11.8 Å². The second-order valence-corrected chi connectivity index (χ2v) is 9.67. The second kappa shape index (κ2) is 10.7. The molecule has 0 radical (unpaired) electrons. The lowest BCUT2D eigenvalue weighted by Crippen LogP contribution is -2.39. The van der Waals surface area contributed by atoms with Gasteiger partial charge in [-0.1, -0.05) is 47.0 Å². The molecule has 0 aliphatic heterocycles. The summed E-state index contributed by atoms with van der Waals surface area (Å²) in [6.45, 7) is 1.37. The van der Waals surface area contributed by atoms with E-state index in [0.717, 1.165) is 9.87 Å². The van der Waals surface area contributed by atoms with Gasteiger partial charge in [-0.2, -0.15) is 5.10 Å². The van der Waals surface area contributed by atoms with Crippen molar-refractivity contribution in [3.8, 4) is 5.75 Å². The first-order chi connectivity index (χ1) is 15.7. The van der Waals surface area contributed by atoms with E-state index in [-0.39, 0.29) is 4.90 Å². The Balaban J connectivity index is 1.84. The fraction of sp³-hybridized carbons (Fsp3) is 0.130. The van der Waals surface area contributed by atoms with Gasteiger partial charge in [0, 0.05) is 0 Å². The predicted molar refractivity (Wildman–Crippen MR) is 131 cm³/mol. The summed E-state index contributed by atoms with van der Waals surface area (Å²) in [7, 11) is -2.52. The Morgan fingerprint density at radius 2 is 1.70 bits per heavy atom. The number of rotatable bonds is 8. The molecule has 3 rings (SSSR count). The highest BCUT2D eigenvalue weighted by Crippen LogP contribution is 2.26. The number of hydrazone groups is 1. The number of methoxy groups -OCH3 is 1. The molecule has 1 amide bonds. The Morgan fingerprint density at radius 3 is 2.30 bits per heavy atom. The van der Waals surface area contributed by atoms with E-state index in [4.69, 9.17) is 27.9 Å². The number of amides is 1. The van der Waals surface area contributed by atoms with Gasteiger partial charge in [-0.25, -0.2) is 13.8 Å². The smallest absolute Gasteiger partial charge is 0.264 e. The number of hydrogen-bond donors (Lipinski definition) is 1. The zero-order chi connectivity index (χ0) is 24.0. The summed E-state index contributed by atoms with van der Waals surface area (Å²) < 4.78 is 32.9. The Labute approximate surface area is 202 Å². The number of carbonyl (C=O) groups is 1. The molecule has 0 aromatic heterocycles. The van der Waals surface area contributed by atoms with Crippen LogP contribution in [-0.2, 0) is 14.8 Å². The van der Waals surface area contributed by atoms with Crippen molar-refractivity contribution in [2.75, 3.05) is 18.0 Å². The Morgan fingerprint density at radius 1 is 1.03 bits per heavy atom. The van der Waals surface area contributed by atoms with Crippen molar-refractivity contribution >= 4 is 51.0 Å². The Hall–Kier alpha value is -3.07. The fourth-order valence-corrected chi connectivity index (χ4v) is 4.57. The molecule has 0 aliphatic carbocycles. The van der Waals surface area contributed by atoms with E-state index in [2.05, 4.69) is 10.5 Å². The molecule has 0 saturated carbocycles. The van der Waals surface area contributed by atoms with Crippen LogP contribution in [-0.4, -0.2) is 34.2 Å². The van der Waals surface area contributed by atoms with Gasteiger partial charge in [-0.05, 0) is 61.0 Å². The topological polar surface area (TPSA) is 88.1 Å². The standard InChI is InChI=1S/C23H21Cl2N3O4S/c1-16-3-10-20(11-4-16)33(30,31)28(18-6-8-19(32-2)9-7-18)15-23(29)27-26-14-17-5-12-21(24)22(25)13-17/h3-14H,15H2,1-2H3,(H,27,29)/b26-14+. The van der Waals surface area contributed by atoms with E-state index >= 15 is 0 Å². The van der Waals surface area contributed by atoms with Gasteiger partial charge in [0.1, 0.15) is 12.3 Å². The van der Waals surface area contributed by atoms with Gasteiger partial charge >= 0.3 is 0 Å². The number of nitrogens with zero attached hydrogens (tertiary/aromatic N) is 2. The van der Waals surface area contributed by atoms with Crippen LogP contribution >= 0.6 is 23.2 Å². The number of sulfonamides is 1. The molecule has 10 heteroatoms. The minimum atomic E-state index is -4.03. The SMILES string of the molecule is COc1ccc(N(CC(=O)N/N=C/c2ccc(Cl)c(Cl)c2)S(=O)(=O)c2ccc(C)cc2)cc1. The third-order valence-electron chi connectivity index (χ3n) is 4.60. The second-order valence-electron chi connectivity index (χ2n) is 6.99. The fourth-order valence-electron chi connectivity index (χ4n) is 2.84. The number of anilines is 1. The monoisotopic (exact) mass is 505 g/mol. The van der Waals surface area contributed by atoms with Gasteiger partial charge < -0.3 is 4.74 Å². The molecule has 7 nitrogen and oxygen atoms in total. The molecule has 33 heavy (non-hydrogen) atoms. The maximum absolute atomic E-state index is 13.3. The van der Waals surface area contributed by atoms with Crippen LogP contribution in [0.3, 0.4) is 0 Å². The molecular weight excluding hydrogens is 485 g/mol. The summed E-state index contributed by atoms with van der Waals surface area (Å²) in [4.78, 5) is 12.7. The molecule has 3 aromatic carbocycles. The molecular formula is C23H21Cl2N3O4S. The van der Waals surface area contributed by atoms with Crippen molar-refractivity contribution in [3.63, 3.8) is 0 Å². The van der Waals surface area contributed by atoms with Crippen LogP contribution in [0.2, 0.25) is 10.0 Å². The lowest BCUT2D eigenvalue weighted by molar-refractivity contribution is -0.119. The number of benzene rings is 3. The van der Waals surface area contributed by atoms with E-state index in [0.29, 0.717) is 27.0 Å². The quantitative estimate of drug-likeness (QED) is 0.356. The molecule has 0 heterocycles. The highest BCUT2D eigenvalue weighted by Gasteiger charge is 2.27. The molecule has 172 valence electrons. The van der Waals surface area contributed by atoms with E-state index in [9.17, 15) is 13.2 Å². The van der Waals surface area contributed by atoms with Crippen molar-refractivity contribution < 1.29 is 17.9 Å². The molecule has 0 unspecified atom stereocenters. The molecule has 0 bridgehead atoms. The van der Waals surface area contributed by atoms with E-state index < -0.39 is 22.5 Å². The largest absolute Gasteiger partial charge is 0.497 e. The van der Waals surface area contributed by atoms with E-state index in [1.54, 1.807) is 54.6 Å². The first kappa shape index (κ1) is 24.6. The maximum atomic E-state index is 13.3. The third kappa shape index (κ3) is 6.25. The Bertz CT molecular complexity index is 1260. The molecule has 0 atom stereocenters. The maximum Gasteiger partial charge on any atom is 0.264 e. The van der Waals surface area contributed by atoms with E-state index in [1.807, 2.05) is 6.92 Å². The van der Waals surface area contributed by atoms with Gasteiger partial charge in [0.2, 0.25) is 0 Å². The molecule has 0 aliphatic rings. The summed E-state index contributed by atoms with van der Waals surface area (Å²) in [6.07, 6.45) is 1.38. The lowest BCUT2D eigenvalue weighted by Gasteiger charge is -2.24. The number of aryl methyl sites for hydroxylation is 1. The number of ether oxygens (including phenoxy) is 1. The van der Waals surface area contributed by atoms with Crippen LogP contribution in [0.15, 0.2) is 76.7 Å². The summed E-state index contributed by atoms with van der Waals surface area (Å²) in [5.74, 6) is -0.0695. The van der Waals surface area contributed by atoms with Crippen LogP contribution in [0.5, 0.6) is 5.75 Å². The van der Waals surface area contributed by atoms with Crippen LogP contribution in [0.25, 0.3) is 0 Å². The first-order valence-corrected chi connectivity index (χ1v) is 11.9. The Kier molecular flexibility index (Phi) is 7.97. The van der Waals surface area contributed by atoms with Crippen molar-refractivity contribution in [2.24, 2.45) is 5.10 Å². The highest BCUT2D eigenvalue weighted by atomic mass is 35.5. The van der Waals surface area contributed by atoms with Gasteiger partial charge in [0.15, 0.2) is 0 Å². The van der Waals surface area contributed by atoms with Gasteiger partial charge in [-0.15, -0.1) is 0 Å². The van der Waals surface area contributed by atoms with Gasteiger partial charge in [0.25, 0.3) is 15.9 Å². The number of halogens is 2. The zero-order valence-electron chi connectivity index (χ0n) is 17.8. The third-order valence-corrected chi connectivity index (χ3v) is 7.13. The summed E-state index contributed by atoms with van der Waals surface area (Å²) in [5.41, 5.74) is 4.18. The molecule has 0 spiro atoms. The predicted octanol–water partition coefficient (Wildman–Crippen LogP) is 4.66. The average molecular weight is 506 g/mol. The molecule has 1 N–H and O–H groups in total. The highest BCUT2D eigenvalue weighted by molar-refractivity contribution is 7.92. The molecule has 0 fully saturated rings. The van der Waals surface area contributed by atoms with Crippen LogP contribution < -0.4 is 14.5 Å². The van der Waals surface area contributed by atoms with Crippen LogP contribution in [0, 0.1) is 6.92 Å². The van der Waals surface area contributed by atoms with Crippen LogP contribution in [0.4, 0.5) is 5.69 Å². The first-order valence-electron chi connectivity index (χ1n) is 9.71. The minimum absolute atomic E-state index is 0.0658. The van der Waals surface area contributed by atoms with Crippen molar-refractivity contribution in [1.82, 2.24) is 5.43 Å². The van der Waals surface area contributed by atoms with E-state index in [1.165, 1.54) is 25.5 Å². The summed E-state index contributed by atoms with van der Waals surface area (Å²) in [5, 5.41) is 4.63. The summed E-state index contributed by atoms with van der Waals surface area (Å²) in [6, 6.07) is 17.6. The lowest BCUT2D eigenvalue weighted by atomic mass is 10.2. The van der Waals surface area contributed by atoms with Gasteiger partial charge in [-0.3, -0.25) is 9.10 Å². The molecule has 3 aromatic rings. The number of carbonyl (C=O) groups excluding carboxylic acids is 1. The summed E-state index contributed by atoms with van der Waals surface area (Å²) >= 11 is 11.9. The normalized spacial score (nSPS) is 11.4.